The number of thiazole rings is 1. The zero-order valence-electron chi connectivity index (χ0n) is 11.1. The molecule has 0 aliphatic carbocycles. The van der Waals surface area contributed by atoms with Crippen LogP contribution >= 0.6 is 23.6 Å². The minimum atomic E-state index is 0.482. The van der Waals surface area contributed by atoms with Gasteiger partial charge in [0.1, 0.15) is 0 Å². The van der Waals surface area contributed by atoms with Crippen molar-refractivity contribution in [2.24, 2.45) is 0 Å². The molecule has 1 atom stereocenters. The number of H-pyrrole nitrogens is 2. The molecule has 2 N–H and O–H groups in total. The molecule has 19 heavy (non-hydrogen) atoms. The van der Waals surface area contributed by atoms with Gasteiger partial charge in [-0.1, -0.05) is 11.3 Å². The van der Waals surface area contributed by atoms with Gasteiger partial charge < -0.3 is 4.90 Å². The highest BCUT2D eigenvalue weighted by Crippen LogP contribution is 2.35. The van der Waals surface area contributed by atoms with Gasteiger partial charge in [0.05, 0.1) is 10.6 Å². The van der Waals surface area contributed by atoms with Crippen molar-refractivity contribution in [1.82, 2.24) is 20.2 Å². The normalized spacial score (nSPS) is 19.9. The minimum Gasteiger partial charge on any atom is -0.345 e. The zero-order valence-corrected chi connectivity index (χ0v) is 12.7. The molecule has 0 spiro atoms. The summed E-state index contributed by atoms with van der Waals surface area (Å²) in [5.41, 5.74) is 1.01. The number of hydrogen-bond acceptors (Lipinski definition) is 5. The second-order valence-corrected chi connectivity index (χ2v) is 6.33. The molecule has 2 aromatic rings. The molecule has 1 aliphatic heterocycles. The van der Waals surface area contributed by atoms with Gasteiger partial charge in [-0.25, -0.2) is 4.98 Å². The smallest absolute Gasteiger partial charge is 0.213 e. The second-order valence-electron chi connectivity index (χ2n) is 4.96. The second kappa shape index (κ2) is 5.05. The van der Waals surface area contributed by atoms with E-state index >= 15 is 0 Å². The van der Waals surface area contributed by atoms with Crippen LogP contribution in [0.2, 0.25) is 0 Å². The third kappa shape index (κ3) is 2.44. The molecular weight excluding hydrogens is 278 g/mol. The van der Waals surface area contributed by atoms with E-state index in [1.807, 2.05) is 6.92 Å². The Bertz CT molecular complexity index is 626. The van der Waals surface area contributed by atoms with Gasteiger partial charge in [0.15, 0.2) is 11.0 Å². The van der Waals surface area contributed by atoms with E-state index in [4.69, 9.17) is 17.2 Å². The lowest BCUT2D eigenvalue weighted by molar-refractivity contribution is 0.484. The van der Waals surface area contributed by atoms with Crippen molar-refractivity contribution in [3.63, 3.8) is 0 Å². The average Bonchev–Trinajstić information content (AvgIpc) is 2.96. The van der Waals surface area contributed by atoms with E-state index in [9.17, 15) is 0 Å². The van der Waals surface area contributed by atoms with Gasteiger partial charge in [-0.3, -0.25) is 10.2 Å². The first-order valence-electron chi connectivity index (χ1n) is 6.54. The summed E-state index contributed by atoms with van der Waals surface area (Å²) in [5, 5.41) is 6.94. The first kappa shape index (κ1) is 12.8. The van der Waals surface area contributed by atoms with Gasteiger partial charge in [-0.2, -0.15) is 4.98 Å². The van der Waals surface area contributed by atoms with E-state index in [-0.39, 0.29) is 0 Å². The summed E-state index contributed by atoms with van der Waals surface area (Å²) in [5.74, 6) is 0.788. The largest absolute Gasteiger partial charge is 0.345 e. The molecule has 3 rings (SSSR count). The van der Waals surface area contributed by atoms with Crippen LogP contribution in [0.3, 0.4) is 0 Å². The van der Waals surface area contributed by atoms with E-state index in [0.29, 0.717) is 10.8 Å². The Balaban J connectivity index is 1.94. The van der Waals surface area contributed by atoms with Crippen LogP contribution in [-0.2, 0) is 0 Å². The van der Waals surface area contributed by atoms with E-state index in [1.54, 1.807) is 11.3 Å². The third-order valence-electron chi connectivity index (χ3n) is 3.55. The number of aryl methyl sites for hydroxylation is 1. The highest BCUT2D eigenvalue weighted by Gasteiger charge is 2.23. The summed E-state index contributed by atoms with van der Waals surface area (Å²) >= 11 is 6.69. The summed E-state index contributed by atoms with van der Waals surface area (Å²) in [6.07, 6.45) is 3.82. The molecule has 0 bridgehead atoms. The van der Waals surface area contributed by atoms with Crippen molar-refractivity contribution in [3.8, 4) is 10.7 Å². The molecule has 1 unspecified atom stereocenters. The van der Waals surface area contributed by atoms with Gasteiger partial charge in [0.25, 0.3) is 0 Å². The number of rotatable bonds is 2. The van der Waals surface area contributed by atoms with Crippen molar-refractivity contribution < 1.29 is 0 Å². The summed E-state index contributed by atoms with van der Waals surface area (Å²) in [6, 6.07) is 0.574. The first-order valence-corrected chi connectivity index (χ1v) is 7.77. The molecule has 0 saturated carbocycles. The lowest BCUT2D eigenvalue weighted by Crippen LogP contribution is -2.37. The first-order chi connectivity index (χ1) is 9.15. The summed E-state index contributed by atoms with van der Waals surface area (Å²) in [7, 11) is 0. The molecule has 1 fully saturated rings. The Morgan fingerprint density at radius 1 is 1.32 bits per heavy atom. The standard InChI is InChI=1S/C12H17N5S2/c1-7-5-3-4-6-17(7)12-13-8(2)9(19-12)10-14-11(18)16-15-10/h7H,3-6H2,1-2H3,(H2,14,15,16,18). The van der Waals surface area contributed by atoms with Crippen LogP contribution in [0.25, 0.3) is 10.7 Å². The van der Waals surface area contributed by atoms with E-state index in [0.717, 1.165) is 28.1 Å². The van der Waals surface area contributed by atoms with Crippen molar-refractivity contribution in [3.05, 3.63) is 10.5 Å². The van der Waals surface area contributed by atoms with Crippen LogP contribution in [0.15, 0.2) is 0 Å². The molecule has 0 amide bonds. The topological polar surface area (TPSA) is 60.6 Å². The predicted octanol–water partition coefficient (Wildman–Crippen LogP) is 3.28. The van der Waals surface area contributed by atoms with Crippen LogP contribution < -0.4 is 4.90 Å². The molecule has 5 nitrogen and oxygen atoms in total. The third-order valence-corrected chi connectivity index (χ3v) is 4.94. The number of aromatic nitrogens is 4. The zero-order chi connectivity index (χ0) is 13.4. The maximum absolute atomic E-state index is 5.00. The Morgan fingerprint density at radius 3 is 2.84 bits per heavy atom. The lowest BCUT2D eigenvalue weighted by Gasteiger charge is -2.33. The predicted molar refractivity (Wildman–Crippen MR) is 80.3 cm³/mol. The number of aromatic amines is 2. The van der Waals surface area contributed by atoms with Crippen molar-refractivity contribution in [2.75, 3.05) is 11.4 Å². The van der Waals surface area contributed by atoms with Crippen LogP contribution in [0, 0.1) is 11.7 Å². The van der Waals surface area contributed by atoms with Crippen LogP contribution in [0.4, 0.5) is 5.13 Å². The van der Waals surface area contributed by atoms with Crippen molar-refractivity contribution in [1.29, 1.82) is 0 Å². The molecule has 0 radical (unpaired) electrons. The van der Waals surface area contributed by atoms with Crippen LogP contribution in [0.5, 0.6) is 0 Å². The van der Waals surface area contributed by atoms with Crippen LogP contribution in [0.1, 0.15) is 31.9 Å². The molecule has 1 aliphatic rings. The van der Waals surface area contributed by atoms with E-state index in [2.05, 4.69) is 27.0 Å². The van der Waals surface area contributed by atoms with Crippen molar-refractivity contribution in [2.45, 2.75) is 39.2 Å². The molecule has 3 heterocycles. The molecule has 7 heteroatoms. The Labute approximate surface area is 121 Å². The lowest BCUT2D eigenvalue weighted by atomic mass is 10.1. The number of anilines is 1. The van der Waals surface area contributed by atoms with Gasteiger partial charge in [0.2, 0.25) is 4.77 Å². The number of nitrogens with one attached hydrogen (secondary N) is 2. The minimum absolute atomic E-state index is 0.482. The average molecular weight is 295 g/mol. The highest BCUT2D eigenvalue weighted by molar-refractivity contribution is 7.71. The summed E-state index contributed by atoms with van der Waals surface area (Å²) in [4.78, 5) is 12.5. The summed E-state index contributed by atoms with van der Waals surface area (Å²) < 4.78 is 0.482. The maximum atomic E-state index is 5.00. The van der Waals surface area contributed by atoms with E-state index < -0.39 is 0 Å². The Morgan fingerprint density at radius 2 is 2.16 bits per heavy atom. The SMILES string of the molecule is Cc1nc(N2CCCCC2C)sc1-c1nc(=S)[nH][nH]1. The van der Waals surface area contributed by atoms with Gasteiger partial charge in [-0.05, 0) is 45.3 Å². The number of hydrogen-bond donors (Lipinski definition) is 2. The van der Waals surface area contributed by atoms with Gasteiger partial charge >= 0.3 is 0 Å². The van der Waals surface area contributed by atoms with Crippen molar-refractivity contribution >= 4 is 28.7 Å². The molecular formula is C12H17N5S2. The van der Waals surface area contributed by atoms with Gasteiger partial charge in [0, 0.05) is 12.6 Å². The molecule has 1 saturated heterocycles. The monoisotopic (exact) mass is 295 g/mol. The maximum Gasteiger partial charge on any atom is 0.213 e. The quantitative estimate of drug-likeness (QED) is 0.835. The summed E-state index contributed by atoms with van der Waals surface area (Å²) in [6.45, 7) is 5.40. The van der Waals surface area contributed by atoms with E-state index in [1.165, 1.54) is 19.3 Å². The molecule has 0 aromatic carbocycles. The number of piperidine rings is 1. The fourth-order valence-corrected chi connectivity index (χ4v) is 3.77. The van der Waals surface area contributed by atoms with Gasteiger partial charge in [-0.15, -0.1) is 0 Å². The molecule has 2 aromatic heterocycles. The number of nitrogens with zero attached hydrogens (tertiary/aromatic N) is 3. The fourth-order valence-electron chi connectivity index (χ4n) is 2.48. The highest BCUT2D eigenvalue weighted by atomic mass is 32.1. The van der Waals surface area contributed by atoms with Crippen LogP contribution in [-0.4, -0.2) is 32.8 Å². The Hall–Kier alpha value is -1.21. The Kier molecular flexibility index (Phi) is 3.40. The molecule has 102 valence electrons. The fraction of sp³-hybridized carbons (Fsp3) is 0.583.